The van der Waals surface area contributed by atoms with E-state index >= 15 is 0 Å². The van der Waals surface area contributed by atoms with Crippen LogP contribution in [-0.2, 0) is 26.2 Å². The number of hydrogen-bond acceptors (Lipinski definition) is 6. The van der Waals surface area contributed by atoms with Crippen molar-refractivity contribution in [2.45, 2.75) is 65.1 Å². The number of halogens is 2. The summed E-state index contributed by atoms with van der Waals surface area (Å²) in [5, 5.41) is 3.70. The van der Waals surface area contributed by atoms with Gasteiger partial charge in [0.15, 0.2) is 11.5 Å². The van der Waals surface area contributed by atoms with Gasteiger partial charge < -0.3 is 19.7 Å². The van der Waals surface area contributed by atoms with E-state index in [4.69, 9.17) is 32.7 Å². The van der Waals surface area contributed by atoms with Gasteiger partial charge in [-0.3, -0.25) is 13.9 Å². The molecule has 9 nitrogen and oxygen atoms in total. The van der Waals surface area contributed by atoms with Crippen LogP contribution < -0.4 is 19.1 Å². The molecule has 2 aromatic rings. The first-order chi connectivity index (χ1) is 18.7. The van der Waals surface area contributed by atoms with Gasteiger partial charge in [-0.25, -0.2) is 8.42 Å². The van der Waals surface area contributed by atoms with Gasteiger partial charge >= 0.3 is 0 Å². The van der Waals surface area contributed by atoms with E-state index < -0.39 is 21.6 Å². The molecule has 1 N–H and O–H groups in total. The van der Waals surface area contributed by atoms with Gasteiger partial charge in [0.1, 0.15) is 19.3 Å². The monoisotopic (exact) mass is 613 g/mol. The zero-order valence-electron chi connectivity index (χ0n) is 23.5. The second-order valence-corrected chi connectivity index (χ2v) is 13.4. The molecule has 2 aromatic carbocycles. The van der Waals surface area contributed by atoms with Crippen LogP contribution in [0.5, 0.6) is 11.5 Å². The zero-order valence-corrected chi connectivity index (χ0v) is 25.8. The van der Waals surface area contributed by atoms with E-state index in [1.54, 1.807) is 36.4 Å². The van der Waals surface area contributed by atoms with E-state index in [0.29, 0.717) is 46.9 Å². The molecule has 0 saturated carbocycles. The first kappa shape index (κ1) is 31.8. The van der Waals surface area contributed by atoms with Crippen molar-refractivity contribution in [3.05, 3.63) is 52.0 Å². The lowest BCUT2D eigenvalue weighted by atomic mass is 10.0. The lowest BCUT2D eigenvalue weighted by molar-refractivity contribution is -0.142. The van der Waals surface area contributed by atoms with E-state index in [2.05, 4.69) is 5.32 Å². The normalized spacial score (nSPS) is 13.9. The highest BCUT2D eigenvalue weighted by molar-refractivity contribution is 7.92. The number of fused-ring (bicyclic) bond motifs is 1. The average molecular weight is 615 g/mol. The lowest BCUT2D eigenvalue weighted by Crippen LogP contribution is -2.53. The second kappa shape index (κ2) is 13.3. The molecule has 0 saturated heterocycles. The van der Waals surface area contributed by atoms with Crippen LogP contribution >= 0.6 is 23.2 Å². The smallest absolute Gasteiger partial charge is 0.243 e. The van der Waals surface area contributed by atoms with Crippen LogP contribution in [0, 0.1) is 0 Å². The van der Waals surface area contributed by atoms with Gasteiger partial charge in [-0.05, 0) is 63.4 Å². The van der Waals surface area contributed by atoms with Crippen LogP contribution in [0.1, 0.15) is 52.5 Å². The number of sulfonamides is 1. The summed E-state index contributed by atoms with van der Waals surface area (Å²) in [5.41, 5.74) is 0.657. The summed E-state index contributed by atoms with van der Waals surface area (Å²) < 4.78 is 37.7. The molecule has 1 atom stereocenters. The maximum Gasteiger partial charge on any atom is 0.243 e. The number of anilines is 1. The van der Waals surface area contributed by atoms with Crippen LogP contribution in [0.3, 0.4) is 0 Å². The topological polar surface area (TPSA) is 105 Å². The quantitative estimate of drug-likeness (QED) is 0.381. The Morgan fingerprint density at radius 3 is 2.30 bits per heavy atom. The summed E-state index contributed by atoms with van der Waals surface area (Å²) in [6, 6.07) is 9.29. The van der Waals surface area contributed by atoms with E-state index in [1.165, 1.54) is 9.21 Å². The van der Waals surface area contributed by atoms with Crippen LogP contribution in [-0.4, -0.2) is 62.7 Å². The van der Waals surface area contributed by atoms with E-state index in [1.807, 2.05) is 27.7 Å². The maximum atomic E-state index is 13.6. The first-order valence-corrected chi connectivity index (χ1v) is 15.7. The van der Waals surface area contributed by atoms with Crippen LogP contribution in [0.2, 0.25) is 10.0 Å². The Hall–Kier alpha value is -2.69. The van der Waals surface area contributed by atoms with Gasteiger partial charge in [-0.15, -0.1) is 0 Å². The Morgan fingerprint density at radius 1 is 1.02 bits per heavy atom. The number of benzene rings is 2. The average Bonchev–Trinajstić information content (AvgIpc) is 2.86. The minimum atomic E-state index is -3.65. The number of nitrogens with zero attached hydrogens (tertiary/aromatic N) is 2. The lowest BCUT2D eigenvalue weighted by Gasteiger charge is -2.33. The van der Waals surface area contributed by atoms with Crippen molar-refractivity contribution in [1.82, 2.24) is 10.2 Å². The van der Waals surface area contributed by atoms with Crippen molar-refractivity contribution < 1.29 is 27.5 Å². The standard InChI is InChI=1S/C28H37Cl2N3O6S/c1-6-23(27(35)31-28(2,3)4)32(18-19-9-11-21(29)22(30)16-19)26(34)8-7-13-33(40(5,36)37)20-10-12-24-25(17-20)39-15-14-38-24/h9-12,16-17,23H,6-8,13-15,18H2,1-5H3,(H,31,35)/t23-/m0/s1. The van der Waals surface area contributed by atoms with Gasteiger partial charge in [0.25, 0.3) is 0 Å². The summed E-state index contributed by atoms with van der Waals surface area (Å²) in [5.74, 6) is 0.475. The molecule has 3 rings (SSSR count). The molecule has 12 heteroatoms. The SMILES string of the molecule is CC[C@@H](C(=O)NC(C)(C)C)N(Cc1ccc(Cl)c(Cl)c1)C(=O)CCCN(c1ccc2c(c1)OCCO2)S(C)(=O)=O. The predicted molar refractivity (Wildman–Crippen MR) is 158 cm³/mol. The summed E-state index contributed by atoms with van der Waals surface area (Å²) >= 11 is 12.3. The second-order valence-electron chi connectivity index (χ2n) is 10.7. The highest BCUT2D eigenvalue weighted by Crippen LogP contribution is 2.35. The van der Waals surface area contributed by atoms with Gasteiger partial charge in [0, 0.05) is 31.1 Å². The van der Waals surface area contributed by atoms with Crippen LogP contribution in [0.25, 0.3) is 0 Å². The van der Waals surface area contributed by atoms with Gasteiger partial charge in [-0.2, -0.15) is 0 Å². The molecule has 0 aliphatic carbocycles. The van der Waals surface area contributed by atoms with Gasteiger partial charge in [0.2, 0.25) is 21.8 Å². The third-order valence-electron chi connectivity index (χ3n) is 6.19. The molecule has 220 valence electrons. The van der Waals surface area contributed by atoms with Crippen LogP contribution in [0.15, 0.2) is 36.4 Å². The number of nitrogens with one attached hydrogen (secondary N) is 1. The Bertz CT molecular complexity index is 1330. The van der Waals surface area contributed by atoms with Gasteiger partial charge in [-0.1, -0.05) is 36.2 Å². The molecule has 1 aliphatic rings. The predicted octanol–water partition coefficient (Wildman–Crippen LogP) is 5.03. The number of hydrogen-bond donors (Lipinski definition) is 1. The first-order valence-electron chi connectivity index (χ1n) is 13.1. The fraction of sp³-hybridized carbons (Fsp3) is 0.500. The molecule has 40 heavy (non-hydrogen) atoms. The van der Waals surface area contributed by atoms with Crippen molar-refractivity contribution >= 4 is 50.7 Å². The number of rotatable bonds is 11. The number of amides is 2. The number of carbonyl (C=O) groups excluding carboxylic acids is 2. The van der Waals surface area contributed by atoms with Crippen molar-refractivity contribution in [2.24, 2.45) is 0 Å². The Balaban J connectivity index is 1.80. The molecule has 0 aromatic heterocycles. The number of ether oxygens (including phenoxy) is 2. The summed E-state index contributed by atoms with van der Waals surface area (Å²) in [7, 11) is -3.65. The van der Waals surface area contributed by atoms with Crippen molar-refractivity contribution in [1.29, 1.82) is 0 Å². The largest absolute Gasteiger partial charge is 0.486 e. The van der Waals surface area contributed by atoms with Crippen molar-refractivity contribution in [3.63, 3.8) is 0 Å². The molecule has 1 heterocycles. The molecule has 1 aliphatic heterocycles. The summed E-state index contributed by atoms with van der Waals surface area (Å²) in [6.07, 6.45) is 1.76. The highest BCUT2D eigenvalue weighted by Gasteiger charge is 2.31. The Kier molecular flexibility index (Phi) is 10.6. The Morgan fingerprint density at radius 2 is 1.70 bits per heavy atom. The van der Waals surface area contributed by atoms with E-state index in [0.717, 1.165) is 11.8 Å². The zero-order chi connectivity index (χ0) is 29.7. The molecular formula is C28H37Cl2N3O6S. The van der Waals surface area contributed by atoms with Crippen LogP contribution in [0.4, 0.5) is 5.69 Å². The molecular weight excluding hydrogens is 577 g/mol. The summed E-state index contributed by atoms with van der Waals surface area (Å²) in [4.78, 5) is 28.3. The van der Waals surface area contributed by atoms with Gasteiger partial charge in [0.05, 0.1) is 22.0 Å². The molecule has 0 fully saturated rings. The molecule has 0 bridgehead atoms. The van der Waals surface area contributed by atoms with E-state index in [-0.39, 0.29) is 37.7 Å². The minimum absolute atomic E-state index is 0.0250. The highest BCUT2D eigenvalue weighted by atomic mass is 35.5. The minimum Gasteiger partial charge on any atom is -0.486 e. The number of carbonyl (C=O) groups is 2. The Labute approximate surface area is 246 Å². The fourth-order valence-corrected chi connectivity index (χ4v) is 5.68. The third kappa shape index (κ3) is 8.65. The summed E-state index contributed by atoms with van der Waals surface area (Å²) in [6.45, 7) is 8.48. The fourth-order valence-electron chi connectivity index (χ4n) is 4.40. The van der Waals surface area contributed by atoms with Crippen molar-refractivity contribution in [2.75, 3.05) is 30.3 Å². The molecule has 0 radical (unpaired) electrons. The molecule has 2 amide bonds. The third-order valence-corrected chi connectivity index (χ3v) is 8.12. The van der Waals surface area contributed by atoms with E-state index in [9.17, 15) is 18.0 Å². The van der Waals surface area contributed by atoms with Crippen molar-refractivity contribution in [3.8, 4) is 11.5 Å². The maximum absolute atomic E-state index is 13.6. The molecule has 0 unspecified atom stereocenters. The molecule has 0 spiro atoms.